The van der Waals surface area contributed by atoms with Crippen molar-refractivity contribution < 1.29 is 13.2 Å². The molecule has 2 heterocycles. The van der Waals surface area contributed by atoms with Gasteiger partial charge in [0.05, 0.1) is 10.6 Å². The van der Waals surface area contributed by atoms with Crippen molar-refractivity contribution in [1.29, 1.82) is 0 Å². The van der Waals surface area contributed by atoms with Crippen LogP contribution in [-0.2, 0) is 22.9 Å². The molecule has 0 fully saturated rings. The molecule has 22 heavy (non-hydrogen) atoms. The second-order valence-corrected chi connectivity index (χ2v) is 8.43. The van der Waals surface area contributed by atoms with Gasteiger partial charge in [0.2, 0.25) is 0 Å². The molecule has 2 aromatic rings. The predicted molar refractivity (Wildman–Crippen MR) is 89.3 cm³/mol. The molecule has 0 saturated carbocycles. The number of hydrogen-bond acceptors (Lipinski definition) is 6. The largest absolute Gasteiger partial charge is 0.334 e. The molecule has 0 aliphatic heterocycles. The van der Waals surface area contributed by atoms with Gasteiger partial charge in [0.25, 0.3) is 10.0 Å². The van der Waals surface area contributed by atoms with E-state index in [1.165, 1.54) is 34.1 Å². The van der Waals surface area contributed by atoms with E-state index >= 15 is 0 Å². The molecular weight excluding hydrogens is 342 g/mol. The molecule has 6 nitrogen and oxygen atoms in total. The minimum atomic E-state index is -3.85. The molecule has 2 aromatic heterocycles. The van der Waals surface area contributed by atoms with E-state index in [2.05, 4.69) is 10.3 Å². The fraction of sp³-hybridized carbons (Fsp3) is 0.385. The minimum Gasteiger partial charge on any atom is -0.283 e. The number of thiazole rings is 1. The molecule has 0 unspecified atom stereocenters. The number of rotatable bonds is 5. The van der Waals surface area contributed by atoms with Crippen LogP contribution in [0.2, 0.25) is 0 Å². The van der Waals surface area contributed by atoms with Crippen LogP contribution < -0.4 is 10.0 Å². The van der Waals surface area contributed by atoms with Crippen molar-refractivity contribution in [1.82, 2.24) is 9.71 Å². The quantitative estimate of drug-likeness (QED) is 0.858. The van der Waals surface area contributed by atoms with Gasteiger partial charge < -0.3 is 0 Å². The van der Waals surface area contributed by atoms with Gasteiger partial charge in [0, 0.05) is 15.1 Å². The zero-order chi connectivity index (χ0) is 16.3. The SMILES string of the molecule is CCc1nc(NC(=O)NS(=O)(=O)c2csc(C)c2)sc1CC. The Balaban J connectivity index is 2.08. The van der Waals surface area contributed by atoms with Gasteiger partial charge in [-0.3, -0.25) is 5.32 Å². The second kappa shape index (κ2) is 6.76. The van der Waals surface area contributed by atoms with Crippen molar-refractivity contribution >= 4 is 43.9 Å². The van der Waals surface area contributed by atoms with Crippen molar-refractivity contribution in [3.05, 3.63) is 26.9 Å². The van der Waals surface area contributed by atoms with Crippen molar-refractivity contribution in [2.45, 2.75) is 38.5 Å². The summed E-state index contributed by atoms with van der Waals surface area (Å²) in [6, 6.07) is 0.719. The number of aryl methyl sites for hydroxylation is 3. The maximum absolute atomic E-state index is 12.0. The number of aromatic nitrogens is 1. The van der Waals surface area contributed by atoms with Crippen LogP contribution in [0.4, 0.5) is 9.93 Å². The van der Waals surface area contributed by atoms with E-state index in [0.717, 1.165) is 28.3 Å². The lowest BCUT2D eigenvalue weighted by molar-refractivity contribution is 0.256. The zero-order valence-electron chi connectivity index (χ0n) is 12.5. The topological polar surface area (TPSA) is 88.2 Å². The van der Waals surface area contributed by atoms with Crippen LogP contribution in [0, 0.1) is 6.92 Å². The Morgan fingerprint density at radius 3 is 2.55 bits per heavy atom. The molecule has 2 rings (SSSR count). The summed E-state index contributed by atoms with van der Waals surface area (Å²) in [5, 5.41) is 4.39. The van der Waals surface area contributed by atoms with E-state index in [9.17, 15) is 13.2 Å². The van der Waals surface area contributed by atoms with Gasteiger partial charge in [-0.2, -0.15) is 0 Å². The Kier molecular flexibility index (Phi) is 5.20. The van der Waals surface area contributed by atoms with Crippen LogP contribution in [0.1, 0.15) is 29.3 Å². The Bertz CT molecular complexity index is 756. The van der Waals surface area contributed by atoms with Gasteiger partial charge in [-0.15, -0.1) is 22.7 Å². The smallest absolute Gasteiger partial charge is 0.283 e. The van der Waals surface area contributed by atoms with Gasteiger partial charge in [-0.05, 0) is 25.8 Å². The number of nitrogens with zero attached hydrogens (tertiary/aromatic N) is 1. The summed E-state index contributed by atoms with van der Waals surface area (Å²) in [5.41, 5.74) is 0.930. The lowest BCUT2D eigenvalue weighted by Crippen LogP contribution is -2.34. The molecule has 0 aromatic carbocycles. The van der Waals surface area contributed by atoms with Crippen LogP contribution in [0.15, 0.2) is 16.3 Å². The second-order valence-electron chi connectivity index (χ2n) is 4.55. The van der Waals surface area contributed by atoms with Crippen LogP contribution in [0.3, 0.4) is 0 Å². The van der Waals surface area contributed by atoms with Gasteiger partial charge in [-0.25, -0.2) is 22.9 Å². The highest BCUT2D eigenvalue weighted by Gasteiger charge is 2.20. The average molecular weight is 359 g/mol. The molecule has 0 aliphatic rings. The first-order valence-corrected chi connectivity index (χ1v) is 9.91. The number of carbonyl (C=O) groups is 1. The standard InChI is InChI=1S/C13H17N3O3S3/c1-4-10-11(5-2)21-13(14-10)15-12(17)16-22(18,19)9-6-8(3)20-7-9/h6-7H,4-5H2,1-3H3,(H2,14,15,16,17). The number of nitrogens with one attached hydrogen (secondary N) is 2. The first-order valence-electron chi connectivity index (χ1n) is 6.73. The summed E-state index contributed by atoms with van der Waals surface area (Å²) in [6.45, 7) is 5.80. The van der Waals surface area contributed by atoms with Crippen molar-refractivity contribution in [2.75, 3.05) is 5.32 Å². The maximum Gasteiger partial charge on any atom is 0.334 e. The van der Waals surface area contributed by atoms with Gasteiger partial charge >= 0.3 is 6.03 Å². The molecule has 0 bridgehead atoms. The third-order valence-corrected chi connectivity index (χ3v) is 6.38. The predicted octanol–water partition coefficient (Wildman–Crippen LogP) is 3.15. The van der Waals surface area contributed by atoms with Crippen molar-refractivity contribution in [3.8, 4) is 0 Å². The Hall–Kier alpha value is -1.45. The molecular formula is C13H17N3O3S3. The highest BCUT2D eigenvalue weighted by atomic mass is 32.2. The number of hydrogen-bond donors (Lipinski definition) is 2. The van der Waals surface area contributed by atoms with Gasteiger partial charge in [-0.1, -0.05) is 13.8 Å². The van der Waals surface area contributed by atoms with Crippen LogP contribution in [-0.4, -0.2) is 19.4 Å². The summed E-state index contributed by atoms with van der Waals surface area (Å²) < 4.78 is 26.1. The third kappa shape index (κ3) is 3.84. The molecule has 0 saturated heterocycles. The summed E-state index contributed by atoms with van der Waals surface area (Å²) in [5.74, 6) is 0. The summed E-state index contributed by atoms with van der Waals surface area (Å²) in [7, 11) is -3.85. The lowest BCUT2D eigenvalue weighted by atomic mass is 10.2. The zero-order valence-corrected chi connectivity index (χ0v) is 14.9. The van der Waals surface area contributed by atoms with Crippen LogP contribution >= 0.6 is 22.7 Å². The Morgan fingerprint density at radius 1 is 1.32 bits per heavy atom. The van der Waals surface area contributed by atoms with E-state index in [-0.39, 0.29) is 4.90 Å². The van der Waals surface area contributed by atoms with Crippen LogP contribution in [0.5, 0.6) is 0 Å². The highest BCUT2D eigenvalue weighted by Crippen LogP contribution is 2.24. The number of sulfonamides is 1. The molecule has 2 amide bonds. The Labute approximate surface area is 137 Å². The number of amides is 2. The fourth-order valence-electron chi connectivity index (χ4n) is 1.85. The molecule has 9 heteroatoms. The normalized spacial score (nSPS) is 11.4. The monoisotopic (exact) mass is 359 g/mol. The van der Waals surface area contributed by atoms with Crippen molar-refractivity contribution in [2.24, 2.45) is 0 Å². The molecule has 0 aliphatic carbocycles. The van der Waals surface area contributed by atoms with E-state index in [1.54, 1.807) is 6.92 Å². The van der Waals surface area contributed by atoms with Crippen LogP contribution in [0.25, 0.3) is 0 Å². The van der Waals surface area contributed by atoms with Crippen molar-refractivity contribution in [3.63, 3.8) is 0 Å². The van der Waals surface area contributed by atoms with E-state index in [4.69, 9.17) is 0 Å². The summed E-state index contributed by atoms with van der Waals surface area (Å²) in [6.07, 6.45) is 1.60. The fourth-order valence-corrected chi connectivity index (χ4v) is 4.87. The summed E-state index contributed by atoms with van der Waals surface area (Å²) in [4.78, 5) is 18.2. The third-order valence-electron chi connectivity index (χ3n) is 2.90. The first kappa shape index (κ1) is 16.9. The highest BCUT2D eigenvalue weighted by molar-refractivity contribution is 7.90. The molecule has 0 spiro atoms. The number of thiophene rings is 1. The maximum atomic E-state index is 12.0. The van der Waals surface area contributed by atoms with Gasteiger partial charge in [0.1, 0.15) is 0 Å². The molecule has 0 atom stereocenters. The van der Waals surface area contributed by atoms with E-state index in [1.807, 2.05) is 18.6 Å². The van der Waals surface area contributed by atoms with E-state index < -0.39 is 16.1 Å². The summed E-state index contributed by atoms with van der Waals surface area (Å²) >= 11 is 2.67. The average Bonchev–Trinajstić information content (AvgIpc) is 3.04. The van der Waals surface area contributed by atoms with E-state index in [0.29, 0.717) is 5.13 Å². The first-order chi connectivity index (χ1) is 10.4. The Morgan fingerprint density at radius 2 is 2.05 bits per heavy atom. The number of carbonyl (C=O) groups excluding carboxylic acids is 1. The molecule has 2 N–H and O–H groups in total. The lowest BCUT2D eigenvalue weighted by Gasteiger charge is -2.05. The molecule has 120 valence electrons. The molecule has 0 radical (unpaired) electrons. The number of anilines is 1. The number of urea groups is 1. The van der Waals surface area contributed by atoms with Gasteiger partial charge in [0.15, 0.2) is 5.13 Å². The minimum absolute atomic E-state index is 0.0905.